The first-order chi connectivity index (χ1) is 2.81. The van der Waals surface area contributed by atoms with Gasteiger partial charge in [0.15, 0.2) is 6.29 Å². The van der Waals surface area contributed by atoms with Crippen molar-refractivity contribution in [1.82, 2.24) is 0 Å². The van der Waals surface area contributed by atoms with Crippen LogP contribution in [0.3, 0.4) is 0 Å². The lowest BCUT2D eigenvalue weighted by atomic mass is 10.6. The summed E-state index contributed by atoms with van der Waals surface area (Å²) in [7, 11) is 0. The van der Waals surface area contributed by atoms with Crippen molar-refractivity contribution in [3.05, 3.63) is 12.0 Å². The third-order valence-corrected chi connectivity index (χ3v) is 0.285. The minimum absolute atomic E-state index is 0.157. The molecule has 0 aromatic carbocycles. The molecule has 3 N–H and O–H groups in total. The number of hydrogen-bond acceptors (Lipinski definition) is 3. The molecule has 0 aliphatic carbocycles. The SMILES string of the molecule is N/C(C=O)=C\O. The number of aliphatic hydroxyl groups is 1. The molecule has 6 heavy (non-hydrogen) atoms. The molecule has 0 amide bonds. The maximum Gasteiger partial charge on any atom is 0.168 e. The van der Waals surface area contributed by atoms with E-state index in [-0.39, 0.29) is 5.70 Å². The molecule has 0 fully saturated rings. The molecule has 0 spiro atoms. The van der Waals surface area contributed by atoms with E-state index in [1.54, 1.807) is 0 Å². The van der Waals surface area contributed by atoms with Crippen molar-refractivity contribution in [3.63, 3.8) is 0 Å². The van der Waals surface area contributed by atoms with Crippen LogP contribution in [-0.2, 0) is 4.79 Å². The van der Waals surface area contributed by atoms with E-state index < -0.39 is 0 Å². The smallest absolute Gasteiger partial charge is 0.168 e. The van der Waals surface area contributed by atoms with Crippen LogP contribution in [-0.4, -0.2) is 11.4 Å². The van der Waals surface area contributed by atoms with E-state index in [9.17, 15) is 4.79 Å². The van der Waals surface area contributed by atoms with Crippen molar-refractivity contribution in [2.24, 2.45) is 5.73 Å². The standard InChI is InChI=1S/C3H5NO2/c4-3(1-5)2-6/h1-2,5H,4H2/b3-1-. The average molecular weight is 87.1 g/mol. The van der Waals surface area contributed by atoms with Gasteiger partial charge in [-0.3, -0.25) is 4.79 Å². The summed E-state index contributed by atoms with van der Waals surface area (Å²) in [6, 6.07) is 0. The van der Waals surface area contributed by atoms with E-state index in [0.29, 0.717) is 12.5 Å². The number of allylic oxidation sites excluding steroid dienone is 1. The van der Waals surface area contributed by atoms with Crippen molar-refractivity contribution in [2.45, 2.75) is 0 Å². The highest BCUT2D eigenvalue weighted by molar-refractivity contribution is 5.70. The Labute approximate surface area is 35.1 Å². The number of aldehydes is 1. The maximum absolute atomic E-state index is 9.38. The molecule has 0 atom stereocenters. The van der Waals surface area contributed by atoms with E-state index in [0.717, 1.165) is 0 Å². The first-order valence-corrected chi connectivity index (χ1v) is 1.36. The van der Waals surface area contributed by atoms with Gasteiger partial charge in [-0.1, -0.05) is 0 Å². The largest absolute Gasteiger partial charge is 0.513 e. The Morgan fingerprint density at radius 2 is 2.33 bits per heavy atom. The number of nitrogens with two attached hydrogens (primary N) is 1. The van der Waals surface area contributed by atoms with Crippen LogP contribution in [0.5, 0.6) is 0 Å². The molecule has 3 heteroatoms. The summed E-state index contributed by atoms with van der Waals surface area (Å²) in [5.41, 5.74) is 4.56. The van der Waals surface area contributed by atoms with Crippen molar-refractivity contribution < 1.29 is 9.90 Å². The Hall–Kier alpha value is -0.990. The van der Waals surface area contributed by atoms with Crippen LogP contribution < -0.4 is 5.73 Å². The van der Waals surface area contributed by atoms with Crippen molar-refractivity contribution >= 4 is 6.29 Å². The first kappa shape index (κ1) is 5.01. The van der Waals surface area contributed by atoms with Gasteiger partial charge in [-0.05, 0) is 0 Å². The van der Waals surface area contributed by atoms with Gasteiger partial charge in [-0.2, -0.15) is 0 Å². The predicted molar refractivity (Wildman–Crippen MR) is 21.0 cm³/mol. The number of aliphatic hydroxyl groups excluding tert-OH is 1. The molecule has 0 unspecified atom stereocenters. The fraction of sp³-hybridized carbons (Fsp3) is 0. The van der Waals surface area contributed by atoms with Crippen LogP contribution >= 0.6 is 0 Å². The van der Waals surface area contributed by atoms with Crippen LogP contribution in [0.25, 0.3) is 0 Å². The zero-order chi connectivity index (χ0) is 4.99. The molecule has 0 aromatic heterocycles. The lowest BCUT2D eigenvalue weighted by molar-refractivity contribution is -0.105. The molecule has 0 bridgehead atoms. The zero-order valence-electron chi connectivity index (χ0n) is 3.09. The van der Waals surface area contributed by atoms with Gasteiger partial charge >= 0.3 is 0 Å². The summed E-state index contributed by atoms with van der Waals surface area (Å²) in [6.45, 7) is 0. The maximum atomic E-state index is 9.38. The molecule has 0 saturated carbocycles. The Kier molecular flexibility index (Phi) is 1.89. The summed E-state index contributed by atoms with van der Waals surface area (Å²) in [4.78, 5) is 9.38. The molecule has 0 rings (SSSR count). The van der Waals surface area contributed by atoms with E-state index in [1.165, 1.54) is 0 Å². The molecule has 0 aliphatic heterocycles. The highest BCUT2D eigenvalue weighted by Crippen LogP contribution is 1.65. The van der Waals surface area contributed by atoms with Crippen molar-refractivity contribution in [3.8, 4) is 0 Å². The molecule has 0 aliphatic rings. The highest BCUT2D eigenvalue weighted by Gasteiger charge is 1.75. The van der Waals surface area contributed by atoms with E-state index >= 15 is 0 Å². The second-order valence-electron chi connectivity index (χ2n) is 0.747. The van der Waals surface area contributed by atoms with E-state index in [2.05, 4.69) is 0 Å². The highest BCUT2D eigenvalue weighted by atomic mass is 16.2. The second-order valence-corrected chi connectivity index (χ2v) is 0.747. The predicted octanol–water partition coefficient (Wildman–Crippen LogP) is -0.457. The lowest BCUT2D eigenvalue weighted by Gasteiger charge is -1.75. The summed E-state index contributed by atoms with van der Waals surface area (Å²) in [5.74, 6) is 0. The minimum Gasteiger partial charge on any atom is -0.513 e. The lowest BCUT2D eigenvalue weighted by Crippen LogP contribution is -1.96. The van der Waals surface area contributed by atoms with E-state index in [1.807, 2.05) is 0 Å². The molecule has 0 radical (unpaired) electrons. The molecular formula is C3H5NO2. The average Bonchev–Trinajstić information content (AvgIpc) is 1.65. The Morgan fingerprint density at radius 1 is 1.83 bits per heavy atom. The van der Waals surface area contributed by atoms with Crippen molar-refractivity contribution in [1.29, 1.82) is 0 Å². The molecule has 34 valence electrons. The Balaban J connectivity index is 3.50. The number of rotatable bonds is 1. The van der Waals surface area contributed by atoms with Crippen LogP contribution in [0.4, 0.5) is 0 Å². The van der Waals surface area contributed by atoms with Gasteiger partial charge in [-0.15, -0.1) is 0 Å². The number of carbonyl (C=O) groups excluding carboxylic acids is 1. The zero-order valence-corrected chi connectivity index (χ0v) is 3.09. The normalized spacial score (nSPS) is 11.0. The minimum atomic E-state index is -0.157. The van der Waals surface area contributed by atoms with Gasteiger partial charge in [0.25, 0.3) is 0 Å². The first-order valence-electron chi connectivity index (χ1n) is 1.36. The molecule has 0 saturated heterocycles. The summed E-state index contributed by atoms with van der Waals surface area (Å²) in [5, 5.41) is 7.82. The van der Waals surface area contributed by atoms with Gasteiger partial charge in [-0.25, -0.2) is 0 Å². The third-order valence-electron chi connectivity index (χ3n) is 0.285. The van der Waals surface area contributed by atoms with Crippen LogP contribution in [0, 0.1) is 0 Å². The van der Waals surface area contributed by atoms with Gasteiger partial charge < -0.3 is 10.8 Å². The fourth-order valence-electron chi connectivity index (χ4n) is 0.0304. The second kappa shape index (κ2) is 2.26. The Morgan fingerprint density at radius 3 is 2.33 bits per heavy atom. The van der Waals surface area contributed by atoms with Crippen LogP contribution in [0.15, 0.2) is 12.0 Å². The monoisotopic (exact) mass is 87.0 g/mol. The van der Waals surface area contributed by atoms with Gasteiger partial charge in [0.05, 0.1) is 0 Å². The third kappa shape index (κ3) is 1.34. The topological polar surface area (TPSA) is 63.3 Å². The fourth-order valence-corrected chi connectivity index (χ4v) is 0.0304. The molecular weight excluding hydrogens is 82.0 g/mol. The molecule has 0 aromatic rings. The molecule has 3 nitrogen and oxygen atoms in total. The van der Waals surface area contributed by atoms with E-state index in [4.69, 9.17) is 10.8 Å². The number of carbonyl (C=O) groups is 1. The van der Waals surface area contributed by atoms with Crippen LogP contribution in [0.1, 0.15) is 0 Å². The quantitative estimate of drug-likeness (QED) is 0.258. The summed E-state index contributed by atoms with van der Waals surface area (Å²) in [6.07, 6.45) is 0.910. The van der Waals surface area contributed by atoms with Gasteiger partial charge in [0, 0.05) is 0 Å². The summed E-state index contributed by atoms with van der Waals surface area (Å²) < 4.78 is 0. The van der Waals surface area contributed by atoms with Gasteiger partial charge in [0.1, 0.15) is 12.0 Å². The van der Waals surface area contributed by atoms with Crippen LogP contribution in [0.2, 0.25) is 0 Å². The Bertz CT molecular complexity index is 76.9. The van der Waals surface area contributed by atoms with Crippen molar-refractivity contribution in [2.75, 3.05) is 0 Å². The van der Waals surface area contributed by atoms with Gasteiger partial charge in [0.2, 0.25) is 0 Å². The molecule has 0 heterocycles. The summed E-state index contributed by atoms with van der Waals surface area (Å²) >= 11 is 0. The number of hydrogen-bond donors (Lipinski definition) is 2.